The maximum Gasteiger partial charge on any atom is 0.261 e. The number of hydrogen-bond acceptors (Lipinski definition) is 6. The summed E-state index contributed by atoms with van der Waals surface area (Å²) in [5, 5.41) is 0.483. The van der Waals surface area contributed by atoms with Crippen molar-refractivity contribution in [3.8, 4) is 0 Å². The van der Waals surface area contributed by atoms with Gasteiger partial charge in [0.15, 0.2) is 5.78 Å². The third-order valence-corrected chi connectivity index (χ3v) is 7.24. The molecule has 0 aliphatic carbocycles. The number of benzene rings is 2. The van der Waals surface area contributed by atoms with Gasteiger partial charge < -0.3 is 10.3 Å². The molecule has 0 aliphatic rings. The second kappa shape index (κ2) is 8.81. The molecule has 2 aromatic heterocycles. The minimum Gasteiger partial charge on any atom is -0.383 e. The number of aromatic nitrogens is 3. The smallest absolute Gasteiger partial charge is 0.261 e. The second-order valence-electron chi connectivity index (χ2n) is 9.79. The molecule has 182 valence electrons. The standard InChI is InChI=1S/C26H29N5O3S/c1-16(2)31-14-21(22-24(27)28-15-29-25(22)31)23(32)17-7-6-8-19(13-17)30-35(33,34)20-11-9-18(10-12-20)26(3,4)5/h6-16,30H,1-5H3,(H2,27,28,29). The van der Waals surface area contributed by atoms with Gasteiger partial charge in [0, 0.05) is 23.5 Å². The number of nitrogens with one attached hydrogen (secondary N) is 1. The highest BCUT2D eigenvalue weighted by Gasteiger charge is 2.22. The van der Waals surface area contributed by atoms with E-state index in [-0.39, 0.29) is 33.6 Å². The van der Waals surface area contributed by atoms with Crippen molar-refractivity contribution < 1.29 is 13.2 Å². The second-order valence-corrected chi connectivity index (χ2v) is 11.5. The van der Waals surface area contributed by atoms with Crippen molar-refractivity contribution in [3.63, 3.8) is 0 Å². The molecule has 4 aromatic rings. The summed E-state index contributed by atoms with van der Waals surface area (Å²) in [6, 6.07) is 13.2. The van der Waals surface area contributed by atoms with Crippen LogP contribution in [0.4, 0.5) is 11.5 Å². The third kappa shape index (κ3) is 4.77. The fourth-order valence-electron chi connectivity index (χ4n) is 3.90. The fourth-order valence-corrected chi connectivity index (χ4v) is 4.95. The highest BCUT2D eigenvalue weighted by molar-refractivity contribution is 7.92. The Kier molecular flexibility index (Phi) is 6.14. The van der Waals surface area contributed by atoms with E-state index in [2.05, 4.69) is 35.5 Å². The average Bonchev–Trinajstić information content (AvgIpc) is 3.19. The molecule has 0 atom stereocenters. The van der Waals surface area contributed by atoms with Crippen molar-refractivity contribution >= 4 is 38.3 Å². The lowest BCUT2D eigenvalue weighted by Crippen LogP contribution is -2.15. The van der Waals surface area contributed by atoms with Gasteiger partial charge in [-0.25, -0.2) is 18.4 Å². The number of anilines is 2. The van der Waals surface area contributed by atoms with Gasteiger partial charge in [0.25, 0.3) is 10.0 Å². The maximum absolute atomic E-state index is 13.5. The third-order valence-electron chi connectivity index (χ3n) is 5.85. The van der Waals surface area contributed by atoms with E-state index in [1.165, 1.54) is 12.4 Å². The molecule has 4 rings (SSSR count). The molecule has 2 aromatic carbocycles. The Morgan fingerprint density at radius 1 is 1.06 bits per heavy atom. The van der Waals surface area contributed by atoms with Crippen LogP contribution in [0.25, 0.3) is 11.0 Å². The van der Waals surface area contributed by atoms with Gasteiger partial charge in [-0.3, -0.25) is 9.52 Å². The molecule has 3 N–H and O–H groups in total. The van der Waals surface area contributed by atoms with Crippen LogP contribution in [0.15, 0.2) is 66.0 Å². The van der Waals surface area contributed by atoms with E-state index in [1.807, 2.05) is 30.5 Å². The topological polar surface area (TPSA) is 120 Å². The number of nitrogen functional groups attached to an aromatic ring is 1. The molecular weight excluding hydrogens is 462 g/mol. The molecule has 0 fully saturated rings. The van der Waals surface area contributed by atoms with E-state index in [9.17, 15) is 13.2 Å². The van der Waals surface area contributed by atoms with E-state index in [0.29, 0.717) is 22.2 Å². The van der Waals surface area contributed by atoms with Crippen molar-refractivity contribution in [1.82, 2.24) is 14.5 Å². The lowest BCUT2D eigenvalue weighted by molar-refractivity contribution is 0.104. The van der Waals surface area contributed by atoms with Crippen molar-refractivity contribution in [1.29, 1.82) is 0 Å². The molecule has 0 aliphatic heterocycles. The lowest BCUT2D eigenvalue weighted by Gasteiger charge is -2.19. The number of hydrogen-bond donors (Lipinski definition) is 2. The highest BCUT2D eigenvalue weighted by atomic mass is 32.2. The van der Waals surface area contributed by atoms with Crippen molar-refractivity contribution in [2.45, 2.75) is 51.0 Å². The van der Waals surface area contributed by atoms with E-state index in [1.54, 1.807) is 36.5 Å². The summed E-state index contributed by atoms with van der Waals surface area (Å²) in [6.07, 6.45) is 3.09. The van der Waals surface area contributed by atoms with Gasteiger partial charge >= 0.3 is 0 Å². The summed E-state index contributed by atoms with van der Waals surface area (Å²) in [7, 11) is -3.84. The molecule has 0 unspecified atom stereocenters. The molecule has 2 heterocycles. The maximum atomic E-state index is 13.5. The summed E-state index contributed by atoms with van der Waals surface area (Å²) < 4.78 is 30.4. The predicted molar refractivity (Wildman–Crippen MR) is 138 cm³/mol. The zero-order chi connectivity index (χ0) is 25.5. The zero-order valence-corrected chi connectivity index (χ0v) is 21.2. The van der Waals surface area contributed by atoms with E-state index in [0.717, 1.165) is 5.56 Å². The first-order valence-corrected chi connectivity index (χ1v) is 12.8. The van der Waals surface area contributed by atoms with Crippen molar-refractivity contribution in [2.75, 3.05) is 10.5 Å². The van der Waals surface area contributed by atoms with Crippen LogP contribution in [0.2, 0.25) is 0 Å². The first-order chi connectivity index (χ1) is 16.4. The molecule has 0 bridgehead atoms. The zero-order valence-electron chi connectivity index (χ0n) is 20.4. The fraction of sp³-hybridized carbons (Fsp3) is 0.269. The first kappa shape index (κ1) is 24.4. The monoisotopic (exact) mass is 491 g/mol. The molecule has 35 heavy (non-hydrogen) atoms. The Morgan fingerprint density at radius 2 is 1.74 bits per heavy atom. The van der Waals surface area contributed by atoms with Gasteiger partial charge in [-0.2, -0.15) is 0 Å². The Labute approximate surface area is 205 Å². The molecule has 0 amide bonds. The van der Waals surface area contributed by atoms with E-state index in [4.69, 9.17) is 5.73 Å². The summed E-state index contributed by atoms with van der Waals surface area (Å²) in [5.41, 5.74) is 8.59. The molecule has 0 spiro atoms. The average molecular weight is 492 g/mol. The normalized spacial score (nSPS) is 12.3. The summed E-state index contributed by atoms with van der Waals surface area (Å²) in [6.45, 7) is 10.2. The Morgan fingerprint density at radius 3 is 2.37 bits per heavy atom. The van der Waals surface area contributed by atoms with Gasteiger partial charge in [-0.05, 0) is 49.1 Å². The van der Waals surface area contributed by atoms with Crippen molar-refractivity contribution in [2.24, 2.45) is 0 Å². The van der Waals surface area contributed by atoms with Crippen LogP contribution in [0.5, 0.6) is 0 Å². The number of nitrogens with two attached hydrogens (primary N) is 1. The van der Waals surface area contributed by atoms with E-state index < -0.39 is 10.0 Å². The van der Waals surface area contributed by atoms with Gasteiger partial charge in [0.05, 0.1) is 15.8 Å². The summed E-state index contributed by atoms with van der Waals surface area (Å²) in [5.74, 6) is -0.0835. The molecule has 0 saturated heterocycles. The number of sulfonamides is 1. The Bertz CT molecular complexity index is 1520. The van der Waals surface area contributed by atoms with Crippen LogP contribution in [0.3, 0.4) is 0 Å². The number of ketones is 1. The van der Waals surface area contributed by atoms with Crippen LogP contribution in [0.1, 0.15) is 62.1 Å². The van der Waals surface area contributed by atoms with E-state index >= 15 is 0 Å². The van der Waals surface area contributed by atoms with Gasteiger partial charge in [0.2, 0.25) is 0 Å². The molecule has 9 heteroatoms. The number of carbonyl (C=O) groups excluding carboxylic acids is 1. The van der Waals surface area contributed by atoms with Crippen LogP contribution in [-0.4, -0.2) is 28.7 Å². The molecule has 0 radical (unpaired) electrons. The minimum absolute atomic E-state index is 0.0520. The molecule has 8 nitrogen and oxygen atoms in total. The molecule has 0 saturated carbocycles. The van der Waals surface area contributed by atoms with Gasteiger partial charge in [-0.1, -0.05) is 45.0 Å². The van der Waals surface area contributed by atoms with Gasteiger partial charge in [-0.15, -0.1) is 0 Å². The Balaban J connectivity index is 1.67. The highest BCUT2D eigenvalue weighted by Crippen LogP contribution is 2.29. The Hall–Kier alpha value is -3.72. The summed E-state index contributed by atoms with van der Waals surface area (Å²) >= 11 is 0. The van der Waals surface area contributed by atoms with Crippen molar-refractivity contribution in [3.05, 3.63) is 77.7 Å². The number of nitrogens with zero attached hydrogens (tertiary/aromatic N) is 3. The number of carbonyl (C=O) groups is 1. The quantitative estimate of drug-likeness (QED) is 0.369. The van der Waals surface area contributed by atoms with Crippen LogP contribution in [-0.2, 0) is 15.4 Å². The molecular formula is C26H29N5O3S. The minimum atomic E-state index is -3.84. The van der Waals surface area contributed by atoms with Gasteiger partial charge in [0.1, 0.15) is 17.8 Å². The predicted octanol–water partition coefficient (Wildman–Crippen LogP) is 4.92. The number of fused-ring (bicyclic) bond motifs is 1. The first-order valence-electron chi connectivity index (χ1n) is 11.3. The SMILES string of the molecule is CC(C)n1cc(C(=O)c2cccc(NS(=O)(=O)c3ccc(C(C)(C)C)cc3)c2)c2c(N)ncnc21. The van der Waals surface area contributed by atoms with Crippen LogP contribution < -0.4 is 10.5 Å². The largest absolute Gasteiger partial charge is 0.383 e. The number of rotatable bonds is 6. The van der Waals surface area contributed by atoms with Crippen LogP contribution >= 0.6 is 0 Å². The van der Waals surface area contributed by atoms with Crippen LogP contribution in [0, 0.1) is 0 Å². The lowest BCUT2D eigenvalue weighted by atomic mass is 9.87. The summed E-state index contributed by atoms with van der Waals surface area (Å²) in [4.78, 5) is 22.0.